The lowest BCUT2D eigenvalue weighted by Gasteiger charge is -2.06. The summed E-state index contributed by atoms with van der Waals surface area (Å²) < 4.78 is 1.20. The van der Waals surface area contributed by atoms with Crippen molar-refractivity contribution in [3.05, 3.63) is 52.0 Å². The number of hydrogen-bond donors (Lipinski definition) is 3. The maximum atomic E-state index is 12.4. The van der Waals surface area contributed by atoms with E-state index in [0.29, 0.717) is 17.1 Å². The van der Waals surface area contributed by atoms with Crippen LogP contribution in [-0.2, 0) is 4.79 Å². The molecule has 25 heavy (non-hydrogen) atoms. The van der Waals surface area contributed by atoms with Crippen molar-refractivity contribution in [2.24, 2.45) is 0 Å². The van der Waals surface area contributed by atoms with Gasteiger partial charge in [0.05, 0.1) is 11.3 Å². The Hall–Kier alpha value is -3.56. The van der Waals surface area contributed by atoms with E-state index in [9.17, 15) is 9.59 Å². The van der Waals surface area contributed by atoms with Gasteiger partial charge in [-0.2, -0.15) is 9.50 Å². The van der Waals surface area contributed by atoms with E-state index in [2.05, 4.69) is 25.4 Å². The highest BCUT2D eigenvalue weighted by Gasteiger charge is 2.15. The Bertz CT molecular complexity index is 973. The van der Waals surface area contributed by atoms with Gasteiger partial charge in [-0.25, -0.2) is 4.98 Å². The predicted molar refractivity (Wildman–Crippen MR) is 88.6 cm³/mol. The Morgan fingerprint density at radius 2 is 1.96 bits per heavy atom. The largest absolute Gasteiger partial charge is 0.481 e. The molecule has 3 N–H and O–H groups in total. The molecule has 0 aliphatic rings. The van der Waals surface area contributed by atoms with Gasteiger partial charge in [0.1, 0.15) is 11.5 Å². The lowest BCUT2D eigenvalue weighted by Crippen LogP contribution is -2.25. The molecule has 0 radical (unpaired) electrons. The first kappa shape index (κ1) is 17.8. The van der Waals surface area contributed by atoms with Crippen LogP contribution in [0.1, 0.15) is 28.8 Å². The van der Waals surface area contributed by atoms with Crippen molar-refractivity contribution in [3.8, 4) is 0 Å². The molecule has 0 saturated carbocycles. The maximum absolute atomic E-state index is 12.4. The second kappa shape index (κ2) is 7.34. The molecule has 3 aromatic rings. The number of anilines is 1. The van der Waals surface area contributed by atoms with Gasteiger partial charge in [0.25, 0.3) is 23.2 Å². The molecule has 0 atom stereocenters. The van der Waals surface area contributed by atoms with E-state index in [0.717, 1.165) is 6.92 Å². The van der Waals surface area contributed by atoms with Crippen LogP contribution in [0.25, 0.3) is 5.78 Å². The van der Waals surface area contributed by atoms with E-state index >= 15 is 0 Å². The summed E-state index contributed by atoms with van der Waals surface area (Å²) in [5.74, 6) is -0.412. The first-order valence-electron chi connectivity index (χ1n) is 7.16. The minimum absolute atomic E-state index is 0.116. The molecule has 1 amide bonds. The van der Waals surface area contributed by atoms with Gasteiger partial charge in [0.2, 0.25) is 0 Å². The monoisotopic (exact) mass is 344 g/mol. The standard InChI is InChI=1S/C13H12N6O2.C2H4O2/c1-7-10(17-11(20)9-4-3-5-14-6-9)12(21)19-13(15-7)16-8(2)18-19;1-2(3)4/h3-6H,1-2H3,(H,17,20)(H,15,16,18);1H3,(H,3,4). The number of amides is 1. The summed E-state index contributed by atoms with van der Waals surface area (Å²) in [4.78, 5) is 45.6. The third-order valence-electron chi connectivity index (χ3n) is 2.95. The second-order valence-corrected chi connectivity index (χ2v) is 5.04. The fourth-order valence-corrected chi connectivity index (χ4v) is 1.95. The van der Waals surface area contributed by atoms with Crippen molar-refractivity contribution in [2.75, 3.05) is 5.32 Å². The number of carbonyl (C=O) groups excluding carboxylic acids is 1. The van der Waals surface area contributed by atoms with E-state index in [1.54, 1.807) is 32.2 Å². The predicted octanol–water partition coefficient (Wildman–Crippen LogP) is 0.773. The number of H-pyrrole nitrogens is 1. The average Bonchev–Trinajstić information content (AvgIpc) is 2.92. The number of fused-ring (bicyclic) bond motifs is 1. The summed E-state index contributed by atoms with van der Waals surface area (Å²) in [6, 6.07) is 3.26. The SMILES string of the molecule is CC(=O)O.Cc1nc2nc(C)c(NC(=O)c3cccnc3)c(=O)n2[nH]1. The number of aromatic nitrogens is 5. The van der Waals surface area contributed by atoms with E-state index in [4.69, 9.17) is 9.90 Å². The van der Waals surface area contributed by atoms with Crippen molar-refractivity contribution in [2.45, 2.75) is 20.8 Å². The van der Waals surface area contributed by atoms with Crippen molar-refractivity contribution in [1.82, 2.24) is 24.6 Å². The summed E-state index contributed by atoms with van der Waals surface area (Å²) in [6.07, 6.45) is 2.99. The fraction of sp³-hybridized carbons (Fsp3) is 0.200. The van der Waals surface area contributed by atoms with Gasteiger partial charge < -0.3 is 10.4 Å². The van der Waals surface area contributed by atoms with Gasteiger partial charge in [0, 0.05) is 19.3 Å². The molecule has 0 aliphatic heterocycles. The van der Waals surface area contributed by atoms with Crippen LogP contribution in [0.15, 0.2) is 29.3 Å². The van der Waals surface area contributed by atoms with Gasteiger partial charge >= 0.3 is 0 Å². The highest BCUT2D eigenvalue weighted by atomic mass is 16.4. The van der Waals surface area contributed by atoms with Gasteiger partial charge in [-0.1, -0.05) is 0 Å². The number of nitrogens with one attached hydrogen (secondary N) is 2. The Labute approximate surface area is 141 Å². The number of carboxylic acids is 1. The van der Waals surface area contributed by atoms with Crippen LogP contribution in [0.3, 0.4) is 0 Å². The molecule has 0 saturated heterocycles. The fourth-order valence-electron chi connectivity index (χ4n) is 1.95. The van der Waals surface area contributed by atoms with Crippen molar-refractivity contribution >= 4 is 23.3 Å². The van der Waals surface area contributed by atoms with Gasteiger partial charge in [0.15, 0.2) is 0 Å². The molecule has 10 nitrogen and oxygen atoms in total. The molecule has 10 heteroatoms. The Morgan fingerprint density at radius 3 is 2.56 bits per heavy atom. The van der Waals surface area contributed by atoms with E-state index in [-0.39, 0.29) is 11.5 Å². The van der Waals surface area contributed by atoms with Crippen LogP contribution in [0.5, 0.6) is 0 Å². The van der Waals surface area contributed by atoms with Gasteiger partial charge in [-0.3, -0.25) is 24.5 Å². The number of carbonyl (C=O) groups is 2. The Balaban J connectivity index is 0.000000511. The Morgan fingerprint density at radius 1 is 1.28 bits per heavy atom. The third kappa shape index (κ3) is 4.25. The molecule has 3 rings (SSSR count). The second-order valence-electron chi connectivity index (χ2n) is 5.04. The van der Waals surface area contributed by atoms with Gasteiger partial charge in [-0.15, -0.1) is 0 Å². The van der Waals surface area contributed by atoms with Gasteiger partial charge in [-0.05, 0) is 26.0 Å². The van der Waals surface area contributed by atoms with Crippen molar-refractivity contribution in [1.29, 1.82) is 0 Å². The van der Waals surface area contributed by atoms with Crippen LogP contribution < -0.4 is 10.9 Å². The normalized spacial score (nSPS) is 10.0. The van der Waals surface area contributed by atoms with E-state index in [1.807, 2.05) is 0 Å². The van der Waals surface area contributed by atoms with E-state index < -0.39 is 17.4 Å². The highest BCUT2D eigenvalue weighted by molar-refractivity contribution is 6.04. The third-order valence-corrected chi connectivity index (χ3v) is 2.95. The molecule has 0 bridgehead atoms. The number of nitrogens with zero attached hydrogens (tertiary/aromatic N) is 4. The van der Waals surface area contributed by atoms with Crippen molar-refractivity contribution in [3.63, 3.8) is 0 Å². The lowest BCUT2D eigenvalue weighted by atomic mass is 10.2. The van der Waals surface area contributed by atoms with Crippen molar-refractivity contribution < 1.29 is 14.7 Å². The molecule has 3 aromatic heterocycles. The molecule has 130 valence electrons. The summed E-state index contributed by atoms with van der Waals surface area (Å²) >= 11 is 0. The van der Waals surface area contributed by atoms with E-state index in [1.165, 1.54) is 10.7 Å². The smallest absolute Gasteiger partial charge is 0.300 e. The van der Waals surface area contributed by atoms with Crippen LogP contribution in [0.2, 0.25) is 0 Å². The number of pyridine rings is 1. The summed E-state index contributed by atoms with van der Waals surface area (Å²) in [7, 11) is 0. The number of aliphatic carboxylic acids is 1. The number of aryl methyl sites for hydroxylation is 2. The first-order valence-corrected chi connectivity index (χ1v) is 7.16. The highest BCUT2D eigenvalue weighted by Crippen LogP contribution is 2.09. The quantitative estimate of drug-likeness (QED) is 0.623. The van der Waals surface area contributed by atoms with Crippen LogP contribution in [0, 0.1) is 13.8 Å². The van der Waals surface area contributed by atoms with Crippen LogP contribution >= 0.6 is 0 Å². The molecule has 0 aromatic carbocycles. The Kier molecular flexibility index (Phi) is 5.22. The molecule has 0 spiro atoms. The zero-order chi connectivity index (χ0) is 18.6. The molecule has 3 heterocycles. The zero-order valence-corrected chi connectivity index (χ0v) is 13.8. The molecule has 0 unspecified atom stereocenters. The number of rotatable bonds is 2. The maximum Gasteiger partial charge on any atom is 0.300 e. The topological polar surface area (TPSA) is 142 Å². The molecular weight excluding hydrogens is 328 g/mol. The minimum atomic E-state index is -0.833. The average molecular weight is 344 g/mol. The number of aromatic amines is 1. The molecule has 0 fully saturated rings. The zero-order valence-electron chi connectivity index (χ0n) is 13.8. The first-order chi connectivity index (χ1) is 11.8. The number of carboxylic acid groups (broad SMARTS) is 1. The van der Waals surface area contributed by atoms with Crippen LogP contribution in [-0.4, -0.2) is 41.5 Å². The van der Waals surface area contributed by atoms with Crippen LogP contribution in [0.4, 0.5) is 5.69 Å². The molecule has 0 aliphatic carbocycles. The summed E-state index contributed by atoms with van der Waals surface area (Å²) in [5, 5.41) is 12.8. The summed E-state index contributed by atoms with van der Waals surface area (Å²) in [6.45, 7) is 4.45. The number of hydrogen-bond acceptors (Lipinski definition) is 6. The lowest BCUT2D eigenvalue weighted by molar-refractivity contribution is -0.134. The molecular formula is C15H16N6O4. The summed E-state index contributed by atoms with van der Waals surface area (Å²) in [5.41, 5.74) is 0.478. The minimum Gasteiger partial charge on any atom is -0.481 e.